The number of rotatable bonds is 8. The van der Waals surface area contributed by atoms with Gasteiger partial charge in [-0.2, -0.15) is 0 Å². The summed E-state index contributed by atoms with van der Waals surface area (Å²) >= 11 is 0. The SMILES string of the molecule is Cl.c1ccc(COc2ccc(CNCCc3c[nH]c4ccccc34)cc2)cc1. The van der Waals surface area contributed by atoms with Gasteiger partial charge in [0.05, 0.1) is 0 Å². The Bertz CT molecular complexity index is 980. The Morgan fingerprint density at radius 2 is 1.54 bits per heavy atom. The zero-order valence-electron chi connectivity index (χ0n) is 15.7. The molecule has 144 valence electrons. The quantitative estimate of drug-likeness (QED) is 0.388. The molecule has 2 N–H and O–H groups in total. The van der Waals surface area contributed by atoms with Crippen molar-refractivity contribution in [2.24, 2.45) is 0 Å². The zero-order chi connectivity index (χ0) is 18.3. The molecule has 3 nitrogen and oxygen atoms in total. The van der Waals surface area contributed by atoms with Crippen LogP contribution in [0.15, 0.2) is 85.1 Å². The first kappa shape index (κ1) is 20.0. The van der Waals surface area contributed by atoms with Gasteiger partial charge in [-0.1, -0.05) is 60.7 Å². The van der Waals surface area contributed by atoms with Crippen LogP contribution in [-0.4, -0.2) is 11.5 Å². The highest BCUT2D eigenvalue weighted by molar-refractivity contribution is 5.85. The number of aromatic amines is 1. The van der Waals surface area contributed by atoms with Crippen LogP contribution in [0.2, 0.25) is 0 Å². The van der Waals surface area contributed by atoms with Crippen molar-refractivity contribution in [1.82, 2.24) is 10.3 Å². The number of nitrogens with one attached hydrogen (secondary N) is 2. The third-order valence-electron chi connectivity index (χ3n) is 4.75. The van der Waals surface area contributed by atoms with Crippen LogP contribution < -0.4 is 10.1 Å². The van der Waals surface area contributed by atoms with E-state index in [0.29, 0.717) is 6.61 Å². The molecule has 0 aliphatic carbocycles. The van der Waals surface area contributed by atoms with Gasteiger partial charge >= 0.3 is 0 Å². The largest absolute Gasteiger partial charge is 0.489 e. The Hall–Kier alpha value is -2.75. The van der Waals surface area contributed by atoms with Crippen LogP contribution in [0.5, 0.6) is 5.75 Å². The lowest BCUT2D eigenvalue weighted by molar-refractivity contribution is 0.306. The smallest absolute Gasteiger partial charge is 0.119 e. The monoisotopic (exact) mass is 392 g/mol. The first-order valence-corrected chi connectivity index (χ1v) is 9.40. The lowest BCUT2D eigenvalue weighted by Gasteiger charge is -2.08. The summed E-state index contributed by atoms with van der Waals surface area (Å²) in [7, 11) is 0. The van der Waals surface area contributed by atoms with Gasteiger partial charge in [-0.15, -0.1) is 12.4 Å². The molecule has 4 aromatic rings. The van der Waals surface area contributed by atoms with Crippen molar-refractivity contribution in [2.75, 3.05) is 6.54 Å². The van der Waals surface area contributed by atoms with Crippen LogP contribution >= 0.6 is 12.4 Å². The molecule has 28 heavy (non-hydrogen) atoms. The fraction of sp³-hybridized carbons (Fsp3) is 0.167. The van der Waals surface area contributed by atoms with E-state index in [-0.39, 0.29) is 12.4 Å². The summed E-state index contributed by atoms with van der Waals surface area (Å²) < 4.78 is 5.84. The third kappa shape index (κ3) is 5.16. The molecule has 0 aliphatic rings. The van der Waals surface area contributed by atoms with Crippen molar-refractivity contribution >= 4 is 23.3 Å². The first-order chi connectivity index (χ1) is 13.4. The minimum atomic E-state index is 0. The Morgan fingerprint density at radius 1 is 0.786 bits per heavy atom. The maximum absolute atomic E-state index is 5.84. The average molecular weight is 393 g/mol. The molecule has 1 heterocycles. The Kier molecular flexibility index (Phi) is 7.12. The van der Waals surface area contributed by atoms with Crippen LogP contribution in [0.25, 0.3) is 10.9 Å². The number of hydrogen-bond donors (Lipinski definition) is 2. The molecule has 0 bridgehead atoms. The van der Waals surface area contributed by atoms with Crippen molar-refractivity contribution < 1.29 is 4.74 Å². The van der Waals surface area contributed by atoms with E-state index in [4.69, 9.17) is 4.74 Å². The minimum Gasteiger partial charge on any atom is -0.489 e. The van der Waals surface area contributed by atoms with Gasteiger partial charge in [-0.05, 0) is 47.9 Å². The average Bonchev–Trinajstić information content (AvgIpc) is 3.14. The van der Waals surface area contributed by atoms with Gasteiger partial charge in [0.25, 0.3) is 0 Å². The molecule has 0 saturated carbocycles. The number of H-pyrrole nitrogens is 1. The Balaban J connectivity index is 0.00000225. The van der Waals surface area contributed by atoms with Crippen molar-refractivity contribution in [3.8, 4) is 5.75 Å². The van der Waals surface area contributed by atoms with E-state index in [1.807, 2.05) is 30.3 Å². The predicted molar refractivity (Wildman–Crippen MR) is 118 cm³/mol. The summed E-state index contributed by atoms with van der Waals surface area (Å²) in [5, 5.41) is 4.85. The summed E-state index contributed by atoms with van der Waals surface area (Å²) in [5.74, 6) is 0.904. The van der Waals surface area contributed by atoms with Crippen molar-refractivity contribution in [3.63, 3.8) is 0 Å². The van der Waals surface area contributed by atoms with E-state index >= 15 is 0 Å². The molecule has 1 aromatic heterocycles. The molecular weight excluding hydrogens is 368 g/mol. The number of benzene rings is 3. The van der Waals surface area contributed by atoms with E-state index in [1.165, 1.54) is 27.6 Å². The van der Waals surface area contributed by atoms with Gasteiger partial charge in [-0.25, -0.2) is 0 Å². The summed E-state index contributed by atoms with van der Waals surface area (Å²) in [5.41, 5.74) is 5.02. The van der Waals surface area contributed by atoms with Gasteiger partial charge in [-0.3, -0.25) is 0 Å². The number of ether oxygens (including phenoxy) is 1. The summed E-state index contributed by atoms with van der Waals surface area (Å²) in [4.78, 5) is 3.34. The van der Waals surface area contributed by atoms with Gasteiger partial charge in [0.1, 0.15) is 12.4 Å². The van der Waals surface area contributed by atoms with Crippen molar-refractivity contribution in [1.29, 1.82) is 0 Å². The highest BCUT2D eigenvalue weighted by atomic mass is 35.5. The molecule has 3 aromatic carbocycles. The van der Waals surface area contributed by atoms with Crippen LogP contribution in [0, 0.1) is 0 Å². The molecule has 0 fully saturated rings. The zero-order valence-corrected chi connectivity index (χ0v) is 16.5. The third-order valence-corrected chi connectivity index (χ3v) is 4.75. The van der Waals surface area contributed by atoms with Crippen LogP contribution in [0.3, 0.4) is 0 Å². The van der Waals surface area contributed by atoms with Gasteiger partial charge in [0, 0.05) is 23.6 Å². The normalized spacial score (nSPS) is 10.6. The number of para-hydroxylation sites is 1. The second-order valence-electron chi connectivity index (χ2n) is 6.70. The van der Waals surface area contributed by atoms with E-state index in [9.17, 15) is 0 Å². The fourth-order valence-electron chi connectivity index (χ4n) is 3.24. The summed E-state index contributed by atoms with van der Waals surface area (Å²) in [6.45, 7) is 2.42. The van der Waals surface area contributed by atoms with Crippen molar-refractivity contribution in [3.05, 3.63) is 102 Å². The predicted octanol–water partition coefficient (Wildman–Crippen LogP) is 5.50. The number of aromatic nitrogens is 1. The van der Waals surface area contributed by atoms with Gasteiger partial charge < -0.3 is 15.0 Å². The van der Waals surface area contributed by atoms with Crippen LogP contribution in [0.1, 0.15) is 16.7 Å². The Morgan fingerprint density at radius 3 is 2.36 bits per heavy atom. The molecule has 0 amide bonds. The number of fused-ring (bicyclic) bond motifs is 1. The lowest BCUT2D eigenvalue weighted by Crippen LogP contribution is -2.16. The fourth-order valence-corrected chi connectivity index (χ4v) is 3.24. The minimum absolute atomic E-state index is 0. The van der Waals surface area contributed by atoms with E-state index in [1.54, 1.807) is 0 Å². The van der Waals surface area contributed by atoms with Crippen molar-refractivity contribution in [2.45, 2.75) is 19.6 Å². The molecule has 0 saturated heterocycles. The molecule has 4 heteroatoms. The van der Waals surface area contributed by atoms with E-state index in [2.05, 4.69) is 65.0 Å². The standard InChI is InChI=1S/C24H24N2O.ClH/c1-2-6-20(7-3-1)18-27-22-12-10-19(11-13-22)16-25-15-14-21-17-26-24-9-5-4-8-23(21)24;/h1-13,17,25-26H,14-16,18H2;1H. The van der Waals surface area contributed by atoms with Gasteiger partial charge in [0.2, 0.25) is 0 Å². The Labute approximate surface area is 172 Å². The highest BCUT2D eigenvalue weighted by Gasteiger charge is 2.02. The number of halogens is 1. The highest BCUT2D eigenvalue weighted by Crippen LogP contribution is 2.18. The maximum Gasteiger partial charge on any atom is 0.119 e. The molecule has 0 atom stereocenters. The summed E-state index contributed by atoms with van der Waals surface area (Å²) in [6, 6.07) is 27.0. The number of hydrogen-bond acceptors (Lipinski definition) is 2. The van der Waals surface area contributed by atoms with Gasteiger partial charge in [0.15, 0.2) is 0 Å². The molecule has 0 spiro atoms. The lowest BCUT2D eigenvalue weighted by atomic mass is 10.1. The second kappa shape index (κ2) is 9.98. The molecule has 4 rings (SSSR count). The topological polar surface area (TPSA) is 37.0 Å². The second-order valence-corrected chi connectivity index (χ2v) is 6.70. The van der Waals surface area contributed by atoms with E-state index in [0.717, 1.165) is 25.3 Å². The molecular formula is C24H25ClN2O. The van der Waals surface area contributed by atoms with E-state index < -0.39 is 0 Å². The maximum atomic E-state index is 5.84. The molecule has 0 unspecified atom stereocenters. The molecule has 0 radical (unpaired) electrons. The first-order valence-electron chi connectivity index (χ1n) is 9.40. The van der Waals surface area contributed by atoms with Crippen LogP contribution in [-0.2, 0) is 19.6 Å². The van der Waals surface area contributed by atoms with Crippen LogP contribution in [0.4, 0.5) is 0 Å². The molecule has 0 aliphatic heterocycles. The summed E-state index contributed by atoms with van der Waals surface area (Å²) in [6.07, 6.45) is 3.13.